The molecule has 0 spiro atoms. The Morgan fingerprint density at radius 2 is 2.12 bits per heavy atom. The minimum absolute atomic E-state index is 0.950. The van der Waals surface area contributed by atoms with Gasteiger partial charge >= 0.3 is 0 Å². The highest BCUT2D eigenvalue weighted by molar-refractivity contribution is 4.72. The molecule has 0 aliphatic carbocycles. The summed E-state index contributed by atoms with van der Waals surface area (Å²) in [4.78, 5) is 0. The molecule has 1 heteroatoms. The minimum Gasteiger partial charge on any atom is -0.194 e. The van der Waals surface area contributed by atoms with E-state index in [1.807, 2.05) is 0 Å². The lowest BCUT2D eigenvalue weighted by molar-refractivity contribution is 0.153. The zero-order valence-corrected chi connectivity index (χ0v) is 5.44. The van der Waals surface area contributed by atoms with E-state index in [1.54, 1.807) is 0 Å². The van der Waals surface area contributed by atoms with E-state index >= 15 is 0 Å². The molecule has 1 rings (SSSR count). The van der Waals surface area contributed by atoms with Gasteiger partial charge in [0.05, 0.1) is 6.61 Å². The lowest BCUT2D eigenvalue weighted by Crippen LogP contribution is -1.94. The topological polar surface area (TPSA) is 9.23 Å². The second kappa shape index (κ2) is 2.98. The van der Waals surface area contributed by atoms with Crippen molar-refractivity contribution < 1.29 is 4.74 Å². The van der Waals surface area contributed by atoms with Gasteiger partial charge in [0.25, 0.3) is 0 Å². The van der Waals surface area contributed by atoms with Gasteiger partial charge in [-0.1, -0.05) is 0 Å². The lowest BCUT2D eigenvalue weighted by Gasteiger charge is -1.90. The molecule has 0 bridgehead atoms. The molecule has 0 aromatic heterocycles. The monoisotopic (exact) mass is 113 g/mol. The fraction of sp³-hybridized carbons (Fsp3) is 0.857. The average Bonchev–Trinajstić information content (AvgIpc) is 1.94. The maximum absolute atomic E-state index is 5.32. The fourth-order valence-electron chi connectivity index (χ4n) is 0.971. The molecule has 46 valence electrons. The first-order chi connectivity index (χ1) is 3.89. The van der Waals surface area contributed by atoms with Crippen LogP contribution in [0.3, 0.4) is 0 Å². The first-order valence-electron chi connectivity index (χ1n) is 3.35. The Hall–Kier alpha value is -0.170. The Morgan fingerprint density at radius 3 is 3.00 bits per heavy atom. The molecule has 0 atom stereocenters. The van der Waals surface area contributed by atoms with Crippen LogP contribution in [0.1, 0.15) is 32.6 Å². The molecule has 0 saturated carbocycles. The first kappa shape index (κ1) is 5.96. The Kier molecular flexibility index (Phi) is 2.22. The molecule has 0 radical (unpaired) electrons. The van der Waals surface area contributed by atoms with Gasteiger partial charge in [-0.25, -0.2) is 0 Å². The molecule has 0 aromatic carbocycles. The molecule has 0 N–H and O–H groups in total. The molecule has 1 nitrogen and oxygen atoms in total. The predicted octanol–water partition coefficient (Wildman–Crippen LogP) is 2.13. The zero-order chi connectivity index (χ0) is 5.82. The Morgan fingerprint density at radius 1 is 1.25 bits per heavy atom. The van der Waals surface area contributed by atoms with Gasteiger partial charge in [0.15, 0.2) is 0 Å². The van der Waals surface area contributed by atoms with Gasteiger partial charge in [0.2, 0.25) is 6.10 Å². The van der Waals surface area contributed by atoms with Crippen molar-refractivity contribution in [1.82, 2.24) is 0 Å². The average molecular weight is 113 g/mol. The van der Waals surface area contributed by atoms with Gasteiger partial charge in [0.1, 0.15) is 13.3 Å². The molecule has 1 aliphatic rings. The van der Waals surface area contributed by atoms with Crippen LogP contribution in [0.25, 0.3) is 0 Å². The second-order valence-corrected chi connectivity index (χ2v) is 2.36. The summed E-state index contributed by atoms with van der Waals surface area (Å²) >= 11 is 0. The van der Waals surface area contributed by atoms with Crippen LogP contribution >= 0.6 is 0 Å². The van der Waals surface area contributed by atoms with Gasteiger partial charge in [0, 0.05) is 0 Å². The molecule has 8 heavy (non-hydrogen) atoms. The number of rotatable bonds is 0. The molecular weight excluding hydrogens is 100 g/mol. The molecule has 1 fully saturated rings. The molecule has 0 aromatic rings. The lowest BCUT2D eigenvalue weighted by atomic mass is 10.2. The van der Waals surface area contributed by atoms with Crippen molar-refractivity contribution in [3.8, 4) is 0 Å². The van der Waals surface area contributed by atoms with E-state index in [2.05, 4.69) is 6.92 Å². The van der Waals surface area contributed by atoms with Crippen molar-refractivity contribution in [2.24, 2.45) is 0 Å². The van der Waals surface area contributed by atoms with Crippen LogP contribution in [0, 0.1) is 6.10 Å². The molecular formula is C7H13O+. The van der Waals surface area contributed by atoms with E-state index in [9.17, 15) is 0 Å². The quantitative estimate of drug-likeness (QED) is 0.437. The van der Waals surface area contributed by atoms with E-state index in [0.29, 0.717) is 0 Å². The fourth-order valence-corrected chi connectivity index (χ4v) is 0.971. The summed E-state index contributed by atoms with van der Waals surface area (Å²) in [6, 6.07) is 0. The third-order valence-electron chi connectivity index (χ3n) is 1.52. The van der Waals surface area contributed by atoms with Crippen molar-refractivity contribution >= 4 is 0 Å². The van der Waals surface area contributed by atoms with E-state index in [4.69, 9.17) is 4.74 Å². The maximum atomic E-state index is 5.32. The van der Waals surface area contributed by atoms with Crippen molar-refractivity contribution in [2.75, 3.05) is 6.61 Å². The van der Waals surface area contributed by atoms with Crippen LogP contribution in [0.15, 0.2) is 0 Å². The normalized spacial score (nSPS) is 22.9. The summed E-state index contributed by atoms with van der Waals surface area (Å²) in [5, 5.41) is 0. The second-order valence-electron chi connectivity index (χ2n) is 2.36. The zero-order valence-electron chi connectivity index (χ0n) is 5.44. The minimum atomic E-state index is 0.950. The van der Waals surface area contributed by atoms with E-state index < -0.39 is 0 Å². The largest absolute Gasteiger partial charge is 0.238 e. The SMILES string of the molecule is C[C+]1CCCCCO1. The molecule has 0 unspecified atom stereocenters. The van der Waals surface area contributed by atoms with Crippen LogP contribution < -0.4 is 0 Å². The van der Waals surface area contributed by atoms with Crippen molar-refractivity contribution in [3.63, 3.8) is 0 Å². The summed E-state index contributed by atoms with van der Waals surface area (Å²) in [6.45, 7) is 3.02. The van der Waals surface area contributed by atoms with Crippen molar-refractivity contribution in [1.29, 1.82) is 0 Å². The number of hydrogen-bond acceptors (Lipinski definition) is 1. The smallest absolute Gasteiger partial charge is 0.194 e. The Balaban J connectivity index is 2.17. The summed E-state index contributed by atoms with van der Waals surface area (Å²) in [6.07, 6.45) is 6.32. The third-order valence-corrected chi connectivity index (χ3v) is 1.52. The highest BCUT2D eigenvalue weighted by Gasteiger charge is 2.16. The van der Waals surface area contributed by atoms with Gasteiger partial charge in [-0.2, -0.15) is 4.74 Å². The number of hydrogen-bond donors (Lipinski definition) is 0. The van der Waals surface area contributed by atoms with Crippen molar-refractivity contribution in [2.45, 2.75) is 32.6 Å². The molecule has 0 amide bonds. The highest BCUT2D eigenvalue weighted by Crippen LogP contribution is 2.17. The van der Waals surface area contributed by atoms with Crippen molar-refractivity contribution in [3.05, 3.63) is 6.10 Å². The van der Waals surface area contributed by atoms with E-state index in [-0.39, 0.29) is 0 Å². The summed E-state index contributed by atoms with van der Waals surface area (Å²) in [5.74, 6) is 0. The summed E-state index contributed by atoms with van der Waals surface area (Å²) in [7, 11) is 0. The van der Waals surface area contributed by atoms with E-state index in [0.717, 1.165) is 6.61 Å². The van der Waals surface area contributed by atoms with Crippen LogP contribution in [0.2, 0.25) is 0 Å². The Labute approximate surface area is 51.0 Å². The van der Waals surface area contributed by atoms with Gasteiger partial charge < -0.3 is 0 Å². The van der Waals surface area contributed by atoms with Crippen LogP contribution in [0.4, 0.5) is 0 Å². The van der Waals surface area contributed by atoms with E-state index in [1.165, 1.54) is 31.8 Å². The molecule has 1 heterocycles. The molecule has 1 aliphatic heterocycles. The number of ether oxygens (including phenoxy) is 1. The Bertz CT molecular complexity index is 53.4. The van der Waals surface area contributed by atoms with Crippen LogP contribution in [-0.2, 0) is 4.74 Å². The third kappa shape index (κ3) is 1.74. The van der Waals surface area contributed by atoms with Crippen LogP contribution in [-0.4, -0.2) is 6.61 Å². The maximum Gasteiger partial charge on any atom is 0.238 e. The highest BCUT2D eigenvalue weighted by atomic mass is 16.5. The molecule has 1 saturated heterocycles. The summed E-state index contributed by atoms with van der Waals surface area (Å²) in [5.41, 5.74) is 0. The first-order valence-corrected chi connectivity index (χ1v) is 3.35. The summed E-state index contributed by atoms with van der Waals surface area (Å²) < 4.78 is 5.32. The van der Waals surface area contributed by atoms with Crippen LogP contribution in [0.5, 0.6) is 0 Å². The van der Waals surface area contributed by atoms with Gasteiger partial charge in [-0.15, -0.1) is 0 Å². The van der Waals surface area contributed by atoms with Gasteiger partial charge in [-0.3, -0.25) is 0 Å². The van der Waals surface area contributed by atoms with Gasteiger partial charge in [-0.05, 0) is 19.3 Å². The standard InChI is InChI=1S/C7H13O/c1-7-5-3-2-4-6-8-7/h2-6H2,1H3/q+1. The predicted molar refractivity (Wildman–Crippen MR) is 33.3 cm³/mol.